The van der Waals surface area contributed by atoms with Gasteiger partial charge in [0, 0.05) is 29.6 Å². The van der Waals surface area contributed by atoms with Gasteiger partial charge in [-0.05, 0) is 25.1 Å². The molecule has 0 amide bonds. The van der Waals surface area contributed by atoms with Crippen LogP contribution in [0.3, 0.4) is 0 Å². The molecule has 0 atom stereocenters. The van der Waals surface area contributed by atoms with Crippen molar-refractivity contribution in [3.05, 3.63) is 35.1 Å². The molecule has 126 valence electrons. The Hall–Kier alpha value is -1.51. The molecular weight excluding hydrogens is 332 g/mol. The van der Waals surface area contributed by atoms with E-state index < -0.39 is 10.0 Å². The number of anilines is 1. The molecule has 0 saturated heterocycles. The zero-order valence-electron chi connectivity index (χ0n) is 13.8. The minimum absolute atomic E-state index is 0.129. The van der Waals surface area contributed by atoms with Gasteiger partial charge in [0.1, 0.15) is 15.9 Å². The average Bonchev–Trinajstić information content (AvgIpc) is 2.91. The van der Waals surface area contributed by atoms with Gasteiger partial charge in [-0.15, -0.1) is 11.3 Å². The standard InChI is InChI=1S/C15H22N4O2S2/c1-11-5-6-13(22-11)23(20,21)18-10-9-16-12-7-8-17-14(19-12)15(2,3)4/h5-8,18H,9-10H2,1-4H3,(H,16,17,19). The second-order valence-corrected chi connectivity index (χ2v) is 9.49. The van der Waals surface area contributed by atoms with E-state index in [9.17, 15) is 8.42 Å². The lowest BCUT2D eigenvalue weighted by Crippen LogP contribution is -2.28. The van der Waals surface area contributed by atoms with Gasteiger partial charge >= 0.3 is 0 Å². The van der Waals surface area contributed by atoms with E-state index in [2.05, 4.69) is 20.0 Å². The highest BCUT2D eigenvalue weighted by Crippen LogP contribution is 2.20. The zero-order valence-corrected chi connectivity index (χ0v) is 15.4. The third-order valence-corrected chi connectivity index (χ3v) is 5.98. The molecule has 0 aromatic carbocycles. The highest BCUT2D eigenvalue weighted by Gasteiger charge is 2.17. The Balaban J connectivity index is 1.88. The molecular formula is C15H22N4O2S2. The summed E-state index contributed by atoms with van der Waals surface area (Å²) in [5.74, 6) is 1.44. The normalized spacial score (nSPS) is 12.3. The smallest absolute Gasteiger partial charge is 0.250 e. The second kappa shape index (κ2) is 6.94. The van der Waals surface area contributed by atoms with Crippen molar-refractivity contribution in [1.82, 2.24) is 14.7 Å². The lowest BCUT2D eigenvalue weighted by molar-refractivity contribution is 0.546. The van der Waals surface area contributed by atoms with Gasteiger partial charge in [-0.2, -0.15) is 0 Å². The van der Waals surface area contributed by atoms with Gasteiger partial charge < -0.3 is 5.32 Å². The molecule has 2 aromatic rings. The van der Waals surface area contributed by atoms with Crippen molar-refractivity contribution in [3.63, 3.8) is 0 Å². The van der Waals surface area contributed by atoms with Gasteiger partial charge in [-0.25, -0.2) is 23.1 Å². The van der Waals surface area contributed by atoms with Crippen LogP contribution < -0.4 is 10.0 Å². The number of aryl methyl sites for hydroxylation is 1. The first-order chi connectivity index (χ1) is 10.7. The van der Waals surface area contributed by atoms with Crippen LogP contribution in [0.25, 0.3) is 0 Å². The van der Waals surface area contributed by atoms with Gasteiger partial charge in [-0.3, -0.25) is 0 Å². The summed E-state index contributed by atoms with van der Waals surface area (Å²) < 4.78 is 27.1. The van der Waals surface area contributed by atoms with E-state index in [0.717, 1.165) is 10.7 Å². The molecule has 0 aliphatic heterocycles. The maximum absolute atomic E-state index is 12.1. The lowest BCUT2D eigenvalue weighted by Gasteiger charge is -2.17. The molecule has 0 aliphatic rings. The van der Waals surface area contributed by atoms with Crippen LogP contribution in [0.5, 0.6) is 0 Å². The van der Waals surface area contributed by atoms with E-state index >= 15 is 0 Å². The van der Waals surface area contributed by atoms with Crippen molar-refractivity contribution < 1.29 is 8.42 Å². The maximum Gasteiger partial charge on any atom is 0.250 e. The molecule has 2 heterocycles. The molecule has 0 fully saturated rings. The van der Waals surface area contributed by atoms with Crippen LogP contribution in [0, 0.1) is 6.92 Å². The predicted octanol–water partition coefficient (Wildman–Crippen LogP) is 2.53. The Bertz CT molecular complexity index is 764. The molecule has 8 heteroatoms. The molecule has 0 spiro atoms. The van der Waals surface area contributed by atoms with Crippen LogP contribution in [-0.2, 0) is 15.4 Å². The molecule has 0 bridgehead atoms. The molecule has 6 nitrogen and oxygen atoms in total. The number of thiophene rings is 1. The molecule has 2 N–H and O–H groups in total. The van der Waals surface area contributed by atoms with E-state index in [-0.39, 0.29) is 12.0 Å². The van der Waals surface area contributed by atoms with Crippen LogP contribution in [0.15, 0.2) is 28.6 Å². The summed E-state index contributed by atoms with van der Waals surface area (Å²) in [4.78, 5) is 9.67. The molecule has 2 rings (SSSR count). The number of nitrogens with one attached hydrogen (secondary N) is 2. The van der Waals surface area contributed by atoms with Crippen molar-refractivity contribution in [1.29, 1.82) is 0 Å². The molecule has 0 aliphatic carbocycles. The Morgan fingerprint density at radius 1 is 1.17 bits per heavy atom. The SMILES string of the molecule is Cc1ccc(S(=O)(=O)NCCNc2ccnc(C(C)(C)C)n2)s1. The van der Waals surface area contributed by atoms with E-state index in [4.69, 9.17) is 0 Å². The fourth-order valence-electron chi connectivity index (χ4n) is 1.82. The van der Waals surface area contributed by atoms with Crippen LogP contribution in [0.4, 0.5) is 5.82 Å². The largest absolute Gasteiger partial charge is 0.369 e. The third kappa shape index (κ3) is 4.98. The van der Waals surface area contributed by atoms with Gasteiger partial charge in [0.2, 0.25) is 10.0 Å². The van der Waals surface area contributed by atoms with Crippen LogP contribution in [-0.4, -0.2) is 31.5 Å². The predicted molar refractivity (Wildman–Crippen MR) is 93.5 cm³/mol. The number of hydrogen-bond acceptors (Lipinski definition) is 6. The first-order valence-corrected chi connectivity index (χ1v) is 9.62. The number of aromatic nitrogens is 2. The number of nitrogens with zero attached hydrogens (tertiary/aromatic N) is 2. The van der Waals surface area contributed by atoms with Gasteiger partial charge in [-0.1, -0.05) is 20.8 Å². The van der Waals surface area contributed by atoms with E-state index in [1.54, 1.807) is 24.4 Å². The maximum atomic E-state index is 12.1. The van der Waals surface area contributed by atoms with Crippen molar-refractivity contribution in [2.24, 2.45) is 0 Å². The van der Waals surface area contributed by atoms with Gasteiger partial charge in [0.15, 0.2) is 0 Å². The van der Waals surface area contributed by atoms with Crippen LogP contribution in [0.1, 0.15) is 31.5 Å². The summed E-state index contributed by atoms with van der Waals surface area (Å²) in [6.07, 6.45) is 1.70. The Labute approximate surface area is 141 Å². The fourth-order valence-corrected chi connectivity index (χ4v) is 4.18. The highest BCUT2D eigenvalue weighted by atomic mass is 32.2. The van der Waals surface area contributed by atoms with E-state index in [1.807, 2.05) is 27.7 Å². The summed E-state index contributed by atoms with van der Waals surface area (Å²) in [7, 11) is -3.43. The first-order valence-electron chi connectivity index (χ1n) is 7.32. The molecule has 0 radical (unpaired) electrons. The van der Waals surface area contributed by atoms with Gasteiger partial charge in [0.05, 0.1) is 0 Å². The second-order valence-electron chi connectivity index (χ2n) is 6.21. The molecule has 2 aromatic heterocycles. The summed E-state index contributed by atoms with van der Waals surface area (Å²) in [5, 5.41) is 3.11. The minimum atomic E-state index is -3.43. The Morgan fingerprint density at radius 3 is 2.52 bits per heavy atom. The molecule has 23 heavy (non-hydrogen) atoms. The Morgan fingerprint density at radius 2 is 1.91 bits per heavy atom. The van der Waals surface area contributed by atoms with Crippen molar-refractivity contribution in [3.8, 4) is 0 Å². The third-order valence-electron chi connectivity index (χ3n) is 3.03. The summed E-state index contributed by atoms with van der Waals surface area (Å²) >= 11 is 1.26. The lowest BCUT2D eigenvalue weighted by atomic mass is 9.96. The molecule has 0 saturated carbocycles. The minimum Gasteiger partial charge on any atom is -0.369 e. The van der Waals surface area contributed by atoms with Gasteiger partial charge in [0.25, 0.3) is 0 Å². The highest BCUT2D eigenvalue weighted by molar-refractivity contribution is 7.91. The number of sulfonamides is 1. The number of hydrogen-bond donors (Lipinski definition) is 2. The van der Waals surface area contributed by atoms with Crippen LogP contribution >= 0.6 is 11.3 Å². The first kappa shape index (κ1) is 17.8. The summed E-state index contributed by atoms with van der Waals surface area (Å²) in [6, 6.07) is 5.19. The monoisotopic (exact) mass is 354 g/mol. The Kier molecular flexibility index (Phi) is 5.38. The summed E-state index contributed by atoms with van der Waals surface area (Å²) in [5.41, 5.74) is -0.129. The van der Waals surface area contributed by atoms with Crippen molar-refractivity contribution in [2.45, 2.75) is 37.3 Å². The molecule has 0 unspecified atom stereocenters. The fraction of sp³-hybridized carbons (Fsp3) is 0.467. The zero-order chi connectivity index (χ0) is 17.1. The van der Waals surface area contributed by atoms with E-state index in [1.165, 1.54) is 11.3 Å². The van der Waals surface area contributed by atoms with E-state index in [0.29, 0.717) is 16.6 Å². The van der Waals surface area contributed by atoms with Crippen molar-refractivity contribution >= 4 is 27.2 Å². The topological polar surface area (TPSA) is 84.0 Å². The number of rotatable bonds is 6. The summed E-state index contributed by atoms with van der Waals surface area (Å²) in [6.45, 7) is 8.75. The average molecular weight is 355 g/mol. The quantitative estimate of drug-likeness (QED) is 0.779. The van der Waals surface area contributed by atoms with Crippen molar-refractivity contribution in [2.75, 3.05) is 18.4 Å². The van der Waals surface area contributed by atoms with Crippen LogP contribution in [0.2, 0.25) is 0 Å².